The van der Waals surface area contributed by atoms with Gasteiger partial charge in [0.25, 0.3) is 0 Å². The minimum Gasteiger partial charge on any atom is -0.377 e. The molecule has 0 aliphatic heterocycles. The molecule has 0 aromatic rings. The monoisotopic (exact) mass is 196 g/mol. The second-order valence-corrected chi connectivity index (χ2v) is 3.83. The summed E-state index contributed by atoms with van der Waals surface area (Å²) >= 11 is 0. The lowest BCUT2D eigenvalue weighted by Gasteiger charge is -2.34. The summed E-state index contributed by atoms with van der Waals surface area (Å²) in [4.78, 5) is 0. The molecule has 3 nitrogen and oxygen atoms in total. The number of methoxy groups -OCH3 is 1. The Morgan fingerprint density at radius 2 is 2.14 bits per heavy atom. The van der Waals surface area contributed by atoms with Gasteiger partial charge in [0.2, 0.25) is 0 Å². The largest absolute Gasteiger partial charge is 0.377 e. The van der Waals surface area contributed by atoms with Crippen LogP contribution >= 0.6 is 0 Å². The van der Waals surface area contributed by atoms with Gasteiger partial charge in [-0.3, -0.25) is 11.3 Å². The highest BCUT2D eigenvalue weighted by molar-refractivity contribution is 5.05. The zero-order chi connectivity index (χ0) is 10.4. The molecule has 1 fully saturated rings. The number of hydrogen-bond acceptors (Lipinski definition) is 3. The average Bonchev–Trinajstić information content (AvgIpc) is 2.69. The first-order valence-electron chi connectivity index (χ1n) is 5.20. The number of nitrogens with two attached hydrogens (primary N) is 1. The van der Waals surface area contributed by atoms with Gasteiger partial charge in [-0.15, -0.1) is 11.8 Å². The first-order chi connectivity index (χ1) is 6.79. The minimum absolute atomic E-state index is 0.0847. The van der Waals surface area contributed by atoms with Crippen molar-refractivity contribution in [3.05, 3.63) is 0 Å². The van der Waals surface area contributed by atoms with Crippen molar-refractivity contribution >= 4 is 0 Å². The maximum Gasteiger partial charge on any atom is 0.0853 e. The Bertz CT molecular complexity index is 223. The molecule has 0 radical (unpaired) electrons. The zero-order valence-electron chi connectivity index (χ0n) is 9.10. The van der Waals surface area contributed by atoms with Crippen molar-refractivity contribution in [2.75, 3.05) is 7.11 Å². The molecule has 1 aliphatic carbocycles. The van der Waals surface area contributed by atoms with Gasteiger partial charge in [-0.25, -0.2) is 0 Å². The van der Waals surface area contributed by atoms with Gasteiger partial charge in [-0.05, 0) is 19.8 Å². The first-order valence-corrected chi connectivity index (χ1v) is 5.20. The van der Waals surface area contributed by atoms with E-state index in [9.17, 15) is 0 Å². The molecule has 1 saturated carbocycles. The first kappa shape index (κ1) is 11.5. The normalized spacial score (nSPS) is 21.4. The van der Waals surface area contributed by atoms with Crippen LogP contribution in [0.3, 0.4) is 0 Å². The smallest absolute Gasteiger partial charge is 0.0853 e. The van der Waals surface area contributed by atoms with Crippen molar-refractivity contribution in [1.82, 2.24) is 5.43 Å². The van der Waals surface area contributed by atoms with E-state index in [-0.39, 0.29) is 11.6 Å². The van der Waals surface area contributed by atoms with E-state index in [2.05, 4.69) is 17.3 Å². The average molecular weight is 196 g/mol. The molecular formula is C11H20N2O. The lowest BCUT2D eigenvalue weighted by atomic mass is 9.90. The Morgan fingerprint density at radius 3 is 2.57 bits per heavy atom. The molecule has 1 atom stereocenters. The summed E-state index contributed by atoms with van der Waals surface area (Å²) in [6.45, 7) is 1.85. The molecule has 1 rings (SSSR count). The van der Waals surface area contributed by atoms with Crippen LogP contribution in [0.25, 0.3) is 0 Å². The van der Waals surface area contributed by atoms with Gasteiger partial charge >= 0.3 is 0 Å². The predicted molar refractivity (Wildman–Crippen MR) is 57.4 cm³/mol. The maximum absolute atomic E-state index is 5.64. The van der Waals surface area contributed by atoms with E-state index in [1.54, 1.807) is 7.11 Å². The number of hydrazine groups is 1. The Kier molecular flexibility index (Phi) is 4.40. The summed E-state index contributed by atoms with van der Waals surface area (Å²) in [7, 11) is 1.77. The number of hydrogen-bond donors (Lipinski definition) is 2. The SMILES string of the molecule is CC#CCC(NN)C1(OC)CCCC1. The van der Waals surface area contributed by atoms with Crippen LogP contribution in [0, 0.1) is 11.8 Å². The van der Waals surface area contributed by atoms with Crippen molar-refractivity contribution in [2.24, 2.45) is 5.84 Å². The van der Waals surface area contributed by atoms with Gasteiger partial charge in [0.1, 0.15) is 0 Å². The summed E-state index contributed by atoms with van der Waals surface area (Å²) in [5.74, 6) is 11.5. The fraction of sp³-hybridized carbons (Fsp3) is 0.818. The zero-order valence-corrected chi connectivity index (χ0v) is 9.10. The fourth-order valence-electron chi connectivity index (χ4n) is 2.27. The van der Waals surface area contributed by atoms with Crippen molar-refractivity contribution in [2.45, 2.75) is 50.7 Å². The van der Waals surface area contributed by atoms with Gasteiger partial charge in [-0.2, -0.15) is 0 Å². The number of rotatable bonds is 4. The van der Waals surface area contributed by atoms with Crippen LogP contribution < -0.4 is 11.3 Å². The summed E-state index contributed by atoms with van der Waals surface area (Å²) < 4.78 is 5.64. The molecule has 80 valence electrons. The third-order valence-electron chi connectivity index (χ3n) is 3.18. The van der Waals surface area contributed by atoms with E-state index in [0.717, 1.165) is 19.3 Å². The van der Waals surface area contributed by atoms with Crippen LogP contribution in [-0.2, 0) is 4.74 Å². The molecule has 0 saturated heterocycles. The fourth-order valence-corrected chi connectivity index (χ4v) is 2.27. The third kappa shape index (κ3) is 2.27. The van der Waals surface area contributed by atoms with Gasteiger partial charge in [0.05, 0.1) is 11.6 Å². The summed E-state index contributed by atoms with van der Waals surface area (Å²) in [5, 5.41) is 0. The van der Waals surface area contributed by atoms with E-state index in [1.807, 2.05) is 6.92 Å². The Morgan fingerprint density at radius 1 is 1.50 bits per heavy atom. The van der Waals surface area contributed by atoms with E-state index in [1.165, 1.54) is 12.8 Å². The Labute approximate surface area is 86.4 Å². The van der Waals surface area contributed by atoms with E-state index >= 15 is 0 Å². The van der Waals surface area contributed by atoms with Crippen molar-refractivity contribution in [1.29, 1.82) is 0 Å². The molecule has 0 heterocycles. The molecular weight excluding hydrogens is 176 g/mol. The third-order valence-corrected chi connectivity index (χ3v) is 3.18. The lowest BCUT2D eigenvalue weighted by Crippen LogP contribution is -2.52. The van der Waals surface area contributed by atoms with Crippen molar-refractivity contribution in [3.63, 3.8) is 0 Å². The van der Waals surface area contributed by atoms with Gasteiger partial charge < -0.3 is 4.74 Å². The summed E-state index contributed by atoms with van der Waals surface area (Å²) in [6, 6.07) is 0.155. The van der Waals surface area contributed by atoms with Crippen LogP contribution in [0.5, 0.6) is 0 Å². The van der Waals surface area contributed by atoms with Crippen LogP contribution in [0.1, 0.15) is 39.0 Å². The van der Waals surface area contributed by atoms with E-state index < -0.39 is 0 Å². The molecule has 0 amide bonds. The van der Waals surface area contributed by atoms with Crippen molar-refractivity contribution in [3.8, 4) is 11.8 Å². The summed E-state index contributed by atoms with van der Waals surface area (Å²) in [6.07, 6.45) is 5.39. The van der Waals surface area contributed by atoms with E-state index in [0.29, 0.717) is 0 Å². The van der Waals surface area contributed by atoms with Gasteiger partial charge in [0, 0.05) is 13.5 Å². The number of nitrogens with one attached hydrogen (secondary N) is 1. The highest BCUT2D eigenvalue weighted by atomic mass is 16.5. The van der Waals surface area contributed by atoms with Gasteiger partial charge in [-0.1, -0.05) is 12.8 Å². The van der Waals surface area contributed by atoms with E-state index in [4.69, 9.17) is 10.6 Å². The Balaban J connectivity index is 2.66. The quantitative estimate of drug-likeness (QED) is 0.403. The lowest BCUT2D eigenvalue weighted by molar-refractivity contribution is -0.0343. The highest BCUT2D eigenvalue weighted by Gasteiger charge is 2.40. The second kappa shape index (κ2) is 5.35. The van der Waals surface area contributed by atoms with Crippen LogP contribution in [0.15, 0.2) is 0 Å². The van der Waals surface area contributed by atoms with Crippen LogP contribution in [-0.4, -0.2) is 18.8 Å². The minimum atomic E-state index is -0.0847. The topological polar surface area (TPSA) is 47.3 Å². The molecule has 0 aromatic carbocycles. The molecule has 0 spiro atoms. The second-order valence-electron chi connectivity index (χ2n) is 3.83. The van der Waals surface area contributed by atoms with Gasteiger partial charge in [0.15, 0.2) is 0 Å². The molecule has 0 aromatic heterocycles. The molecule has 1 unspecified atom stereocenters. The number of ether oxygens (including phenoxy) is 1. The molecule has 14 heavy (non-hydrogen) atoms. The maximum atomic E-state index is 5.64. The predicted octanol–water partition coefficient (Wildman–Crippen LogP) is 1.19. The molecule has 0 bridgehead atoms. The molecule has 3 N–H and O–H groups in total. The molecule has 1 aliphatic rings. The van der Waals surface area contributed by atoms with Crippen LogP contribution in [0.4, 0.5) is 0 Å². The standard InChI is InChI=1S/C11H20N2O/c1-3-4-7-10(13-12)11(14-2)8-5-6-9-11/h10,13H,5-9,12H2,1-2H3. The Hall–Kier alpha value is -0.560. The van der Waals surface area contributed by atoms with Crippen LogP contribution in [0.2, 0.25) is 0 Å². The highest BCUT2D eigenvalue weighted by Crippen LogP contribution is 2.36. The molecule has 3 heteroatoms. The summed E-state index contributed by atoms with van der Waals surface area (Å²) in [5.41, 5.74) is 2.76. The van der Waals surface area contributed by atoms with Crippen molar-refractivity contribution < 1.29 is 4.74 Å².